The molecule has 0 aliphatic carbocycles. The first-order valence-electron chi connectivity index (χ1n) is 5.65. The van der Waals surface area contributed by atoms with Crippen LogP contribution in [0.1, 0.15) is 31.9 Å². The molecule has 0 aliphatic heterocycles. The molecule has 0 bridgehead atoms. The molecule has 2 atom stereocenters. The van der Waals surface area contributed by atoms with Crippen LogP contribution in [0.4, 0.5) is 4.39 Å². The lowest BCUT2D eigenvalue weighted by molar-refractivity contribution is 0.548. The van der Waals surface area contributed by atoms with Crippen molar-refractivity contribution in [3.63, 3.8) is 0 Å². The number of rotatable bonds is 5. The summed E-state index contributed by atoms with van der Waals surface area (Å²) < 4.78 is 36.5. The molecule has 5 heteroatoms. The van der Waals surface area contributed by atoms with Crippen LogP contribution in [-0.4, -0.2) is 19.4 Å². The molecule has 0 unspecified atom stereocenters. The maximum atomic E-state index is 12.8. The predicted octanol–water partition coefficient (Wildman–Crippen LogP) is 2.04. The number of nitrogens with two attached hydrogens (primary N) is 1. The minimum atomic E-state index is -3.19. The van der Waals surface area contributed by atoms with Gasteiger partial charge in [0.1, 0.15) is 5.82 Å². The van der Waals surface area contributed by atoms with Crippen LogP contribution in [0.2, 0.25) is 0 Å². The number of halogens is 1. The van der Waals surface area contributed by atoms with Crippen molar-refractivity contribution in [3.8, 4) is 0 Å². The van der Waals surface area contributed by atoms with Crippen molar-refractivity contribution in [2.24, 2.45) is 5.73 Å². The molecular formula is C12H18FNO2S. The fourth-order valence-electron chi connectivity index (χ4n) is 1.84. The maximum absolute atomic E-state index is 12.8. The third kappa shape index (κ3) is 3.26. The van der Waals surface area contributed by atoms with Gasteiger partial charge in [0.25, 0.3) is 0 Å². The topological polar surface area (TPSA) is 60.2 Å². The first-order chi connectivity index (χ1) is 7.92. The highest BCUT2D eigenvalue weighted by atomic mass is 32.2. The summed E-state index contributed by atoms with van der Waals surface area (Å²) in [6.07, 6.45) is 0.453. The highest BCUT2D eigenvalue weighted by Gasteiger charge is 2.29. The van der Waals surface area contributed by atoms with E-state index < -0.39 is 21.1 Å². The molecule has 1 rings (SSSR count). The molecular weight excluding hydrogens is 241 g/mol. The van der Waals surface area contributed by atoms with Crippen LogP contribution in [-0.2, 0) is 9.84 Å². The lowest BCUT2D eigenvalue weighted by atomic mass is 10.0. The minimum Gasteiger partial charge on any atom is -0.323 e. The number of hydrogen-bond donors (Lipinski definition) is 1. The SMILES string of the molecule is CC[C@H]([C@H](N)c1ccc(F)cc1)S(=O)(=O)CC. The first kappa shape index (κ1) is 14.1. The van der Waals surface area contributed by atoms with Gasteiger partial charge in [-0.15, -0.1) is 0 Å². The smallest absolute Gasteiger partial charge is 0.154 e. The first-order valence-corrected chi connectivity index (χ1v) is 7.36. The molecule has 0 saturated heterocycles. The van der Waals surface area contributed by atoms with E-state index in [2.05, 4.69) is 0 Å². The average molecular weight is 259 g/mol. The number of sulfone groups is 1. The lowest BCUT2D eigenvalue weighted by Gasteiger charge is -2.22. The molecule has 0 radical (unpaired) electrons. The number of hydrogen-bond acceptors (Lipinski definition) is 3. The van der Waals surface area contributed by atoms with E-state index in [9.17, 15) is 12.8 Å². The highest BCUT2D eigenvalue weighted by molar-refractivity contribution is 7.92. The van der Waals surface area contributed by atoms with Crippen molar-refractivity contribution in [2.45, 2.75) is 31.6 Å². The van der Waals surface area contributed by atoms with Crippen molar-refractivity contribution in [1.29, 1.82) is 0 Å². The summed E-state index contributed by atoms with van der Waals surface area (Å²) in [5.41, 5.74) is 6.61. The van der Waals surface area contributed by atoms with Crippen molar-refractivity contribution in [2.75, 3.05) is 5.75 Å². The van der Waals surface area contributed by atoms with Crippen LogP contribution in [0.3, 0.4) is 0 Å². The zero-order chi connectivity index (χ0) is 13.1. The summed E-state index contributed by atoms with van der Waals surface area (Å²) in [5.74, 6) is -0.284. The number of benzene rings is 1. The van der Waals surface area contributed by atoms with Gasteiger partial charge < -0.3 is 5.73 Å². The van der Waals surface area contributed by atoms with E-state index in [0.29, 0.717) is 12.0 Å². The van der Waals surface area contributed by atoms with Crippen molar-refractivity contribution < 1.29 is 12.8 Å². The largest absolute Gasteiger partial charge is 0.323 e. The van der Waals surface area contributed by atoms with Gasteiger partial charge >= 0.3 is 0 Å². The van der Waals surface area contributed by atoms with Gasteiger partial charge in [-0.1, -0.05) is 26.0 Å². The molecule has 0 saturated carbocycles. The molecule has 17 heavy (non-hydrogen) atoms. The zero-order valence-electron chi connectivity index (χ0n) is 10.1. The van der Waals surface area contributed by atoms with Crippen LogP contribution < -0.4 is 5.73 Å². The summed E-state index contributed by atoms with van der Waals surface area (Å²) in [6, 6.07) is 5.05. The van der Waals surface area contributed by atoms with Crippen LogP contribution in [0.25, 0.3) is 0 Å². The Labute approximate surface area is 102 Å². The highest BCUT2D eigenvalue weighted by Crippen LogP contribution is 2.23. The maximum Gasteiger partial charge on any atom is 0.154 e. The molecule has 0 aromatic heterocycles. The van der Waals surface area contributed by atoms with Gasteiger partial charge in [-0.05, 0) is 24.1 Å². The van der Waals surface area contributed by atoms with Gasteiger partial charge in [0, 0.05) is 11.8 Å². The molecule has 1 aromatic rings. The Morgan fingerprint density at radius 2 is 1.76 bits per heavy atom. The van der Waals surface area contributed by atoms with Gasteiger partial charge in [0.05, 0.1) is 5.25 Å². The van der Waals surface area contributed by atoms with Crippen molar-refractivity contribution >= 4 is 9.84 Å². The Kier molecular flexibility index (Phi) is 4.65. The van der Waals surface area contributed by atoms with E-state index >= 15 is 0 Å². The fourth-order valence-corrected chi connectivity index (χ4v) is 3.38. The molecule has 0 heterocycles. The van der Waals surface area contributed by atoms with E-state index in [1.165, 1.54) is 24.3 Å². The standard InChI is InChI=1S/C12H18FNO2S/c1-3-11(17(15,16)4-2)12(14)9-5-7-10(13)8-6-9/h5-8,11-12H,3-4,14H2,1-2H3/t11-,12-/m1/s1. The van der Waals surface area contributed by atoms with Crippen molar-refractivity contribution in [1.82, 2.24) is 0 Å². The monoisotopic (exact) mass is 259 g/mol. The van der Waals surface area contributed by atoms with Gasteiger partial charge in [0.15, 0.2) is 9.84 Å². The van der Waals surface area contributed by atoms with E-state index in [0.717, 1.165) is 0 Å². The van der Waals surface area contributed by atoms with Gasteiger partial charge in [-0.25, -0.2) is 12.8 Å². The normalized spacial score (nSPS) is 15.5. The third-order valence-corrected chi connectivity index (χ3v) is 5.28. The van der Waals surface area contributed by atoms with Gasteiger partial charge in [-0.2, -0.15) is 0 Å². The Morgan fingerprint density at radius 3 is 2.18 bits per heavy atom. The Hall–Kier alpha value is -0.940. The van der Waals surface area contributed by atoms with Gasteiger partial charge in [-0.3, -0.25) is 0 Å². The molecule has 1 aromatic carbocycles. The van der Waals surface area contributed by atoms with Gasteiger partial charge in [0.2, 0.25) is 0 Å². The Balaban J connectivity index is 3.02. The molecule has 2 N–H and O–H groups in total. The summed E-state index contributed by atoms with van der Waals surface area (Å²) in [4.78, 5) is 0. The summed E-state index contributed by atoms with van der Waals surface area (Å²) in [5, 5.41) is -0.613. The average Bonchev–Trinajstić information content (AvgIpc) is 2.30. The van der Waals surface area contributed by atoms with E-state index in [1.54, 1.807) is 13.8 Å². The van der Waals surface area contributed by atoms with E-state index in [-0.39, 0.29) is 11.6 Å². The fraction of sp³-hybridized carbons (Fsp3) is 0.500. The molecule has 3 nitrogen and oxygen atoms in total. The second kappa shape index (κ2) is 5.60. The summed E-state index contributed by atoms with van der Waals surface area (Å²) >= 11 is 0. The van der Waals surface area contributed by atoms with Crippen LogP contribution in [0, 0.1) is 5.82 Å². The summed E-state index contributed by atoms with van der Waals surface area (Å²) in [6.45, 7) is 3.40. The van der Waals surface area contributed by atoms with Crippen LogP contribution in [0.15, 0.2) is 24.3 Å². The zero-order valence-corrected chi connectivity index (χ0v) is 10.9. The molecule has 0 aliphatic rings. The third-order valence-electron chi connectivity index (χ3n) is 2.92. The van der Waals surface area contributed by atoms with Crippen LogP contribution >= 0.6 is 0 Å². The van der Waals surface area contributed by atoms with Crippen molar-refractivity contribution in [3.05, 3.63) is 35.6 Å². The van der Waals surface area contributed by atoms with E-state index in [4.69, 9.17) is 5.73 Å². The quantitative estimate of drug-likeness (QED) is 0.880. The lowest BCUT2D eigenvalue weighted by Crippen LogP contribution is -2.34. The van der Waals surface area contributed by atoms with Crippen LogP contribution in [0.5, 0.6) is 0 Å². The Morgan fingerprint density at radius 1 is 1.24 bits per heavy atom. The second-order valence-corrected chi connectivity index (χ2v) is 6.48. The molecule has 96 valence electrons. The second-order valence-electron chi connectivity index (χ2n) is 3.98. The Bertz CT molecular complexity index is 456. The minimum absolute atomic E-state index is 0.0698. The molecule has 0 spiro atoms. The molecule has 0 amide bonds. The molecule has 0 fully saturated rings. The summed E-state index contributed by atoms with van der Waals surface area (Å²) in [7, 11) is -3.19. The predicted molar refractivity (Wildman–Crippen MR) is 66.9 cm³/mol. The van der Waals surface area contributed by atoms with E-state index in [1.807, 2.05) is 0 Å².